The average molecular weight is 341 g/mol. The van der Waals surface area contributed by atoms with Gasteiger partial charge in [0.25, 0.3) is 0 Å². The zero-order chi connectivity index (χ0) is 14.5. The molecule has 1 amide bonds. The van der Waals surface area contributed by atoms with Gasteiger partial charge in [-0.1, -0.05) is 18.2 Å². The van der Waals surface area contributed by atoms with Crippen molar-refractivity contribution < 1.29 is 4.79 Å². The van der Waals surface area contributed by atoms with Crippen LogP contribution in [0.25, 0.3) is 0 Å². The normalized spacial score (nSPS) is 20.5. The summed E-state index contributed by atoms with van der Waals surface area (Å²) >= 11 is 1.65. The predicted molar refractivity (Wildman–Crippen MR) is 94.8 cm³/mol. The van der Waals surface area contributed by atoms with Crippen LogP contribution in [0.2, 0.25) is 0 Å². The van der Waals surface area contributed by atoms with Crippen molar-refractivity contribution in [1.29, 1.82) is 0 Å². The lowest BCUT2D eigenvalue weighted by Crippen LogP contribution is -2.47. The number of nitrogens with one attached hydrogen (secondary N) is 1. The second kappa shape index (κ2) is 8.23. The number of hydrogen-bond acceptors (Lipinski definition) is 3. The molecule has 5 heteroatoms. The third-order valence-corrected chi connectivity index (χ3v) is 5.94. The largest absolute Gasteiger partial charge is 0.342 e. The molecular weight excluding hydrogens is 316 g/mol. The lowest BCUT2D eigenvalue weighted by Gasteiger charge is -2.44. The standard InChI is InChI=1S/C17H24N2OS.ClH/c20-16(14-21-15-4-2-1-3-5-15)19-12-8-17(9-13-19)6-10-18-11-7-17;/h1-5,18H,6-14H2;1H. The Morgan fingerprint density at radius 1 is 1.09 bits per heavy atom. The van der Waals surface area contributed by atoms with Gasteiger partial charge in [0.1, 0.15) is 0 Å². The third kappa shape index (κ3) is 4.40. The first kappa shape index (κ1) is 17.6. The summed E-state index contributed by atoms with van der Waals surface area (Å²) in [5.74, 6) is 0.867. The van der Waals surface area contributed by atoms with E-state index in [4.69, 9.17) is 0 Å². The first-order chi connectivity index (χ1) is 10.3. The number of piperidine rings is 2. The summed E-state index contributed by atoms with van der Waals surface area (Å²) < 4.78 is 0. The van der Waals surface area contributed by atoms with Crippen LogP contribution >= 0.6 is 24.2 Å². The molecule has 1 aromatic carbocycles. The van der Waals surface area contributed by atoms with Crippen molar-refractivity contribution in [2.75, 3.05) is 31.9 Å². The van der Waals surface area contributed by atoms with Crippen LogP contribution in [-0.4, -0.2) is 42.7 Å². The van der Waals surface area contributed by atoms with Gasteiger partial charge < -0.3 is 10.2 Å². The molecule has 0 radical (unpaired) electrons. The van der Waals surface area contributed by atoms with Gasteiger partial charge in [-0.15, -0.1) is 24.2 Å². The van der Waals surface area contributed by atoms with Crippen LogP contribution in [0.4, 0.5) is 0 Å². The van der Waals surface area contributed by atoms with Gasteiger partial charge in [0.05, 0.1) is 5.75 Å². The van der Waals surface area contributed by atoms with Crippen LogP contribution < -0.4 is 5.32 Å². The molecular formula is C17H25ClN2OS. The van der Waals surface area contributed by atoms with Crippen LogP contribution in [0, 0.1) is 5.41 Å². The SMILES string of the molecule is Cl.O=C(CSc1ccccc1)N1CCC2(CCNCC2)CC1. The summed E-state index contributed by atoms with van der Waals surface area (Å²) in [6.45, 7) is 4.21. The third-order valence-electron chi connectivity index (χ3n) is 4.95. The molecule has 0 unspecified atom stereocenters. The summed E-state index contributed by atoms with van der Waals surface area (Å²) in [6.07, 6.45) is 4.95. The Labute approximate surface area is 143 Å². The van der Waals surface area contributed by atoms with Gasteiger partial charge in [0, 0.05) is 18.0 Å². The fraction of sp³-hybridized carbons (Fsp3) is 0.588. The van der Waals surface area contributed by atoms with E-state index in [1.165, 1.54) is 30.6 Å². The molecule has 2 aliphatic rings. The number of carbonyl (C=O) groups is 1. The van der Waals surface area contributed by atoms with E-state index in [2.05, 4.69) is 22.3 Å². The highest BCUT2D eigenvalue weighted by Crippen LogP contribution is 2.39. The number of benzene rings is 1. The Morgan fingerprint density at radius 2 is 1.73 bits per heavy atom. The zero-order valence-electron chi connectivity index (χ0n) is 12.9. The molecule has 3 nitrogen and oxygen atoms in total. The maximum atomic E-state index is 12.3. The van der Waals surface area contributed by atoms with Crippen LogP contribution in [0.3, 0.4) is 0 Å². The van der Waals surface area contributed by atoms with Crippen molar-refractivity contribution in [3.8, 4) is 0 Å². The molecule has 0 aliphatic carbocycles. The average Bonchev–Trinajstić information content (AvgIpc) is 2.55. The van der Waals surface area contributed by atoms with E-state index in [0.29, 0.717) is 17.1 Å². The van der Waals surface area contributed by atoms with Crippen LogP contribution in [0.15, 0.2) is 35.2 Å². The van der Waals surface area contributed by atoms with E-state index in [1.807, 2.05) is 18.2 Å². The minimum absolute atomic E-state index is 0. The van der Waals surface area contributed by atoms with Crippen LogP contribution in [0.1, 0.15) is 25.7 Å². The summed E-state index contributed by atoms with van der Waals surface area (Å²) in [7, 11) is 0. The molecule has 2 fully saturated rings. The molecule has 0 aromatic heterocycles. The summed E-state index contributed by atoms with van der Waals surface area (Å²) in [5.41, 5.74) is 0.522. The van der Waals surface area contributed by atoms with Crippen molar-refractivity contribution in [2.45, 2.75) is 30.6 Å². The number of amides is 1. The van der Waals surface area contributed by atoms with Crippen molar-refractivity contribution >= 4 is 30.1 Å². The highest BCUT2D eigenvalue weighted by molar-refractivity contribution is 8.00. The van der Waals surface area contributed by atoms with Crippen LogP contribution in [-0.2, 0) is 4.79 Å². The number of nitrogens with zero attached hydrogens (tertiary/aromatic N) is 1. The first-order valence-corrected chi connectivity index (χ1v) is 8.92. The topological polar surface area (TPSA) is 32.3 Å². The number of halogens is 1. The molecule has 3 rings (SSSR count). The number of likely N-dealkylation sites (tertiary alicyclic amines) is 1. The van der Waals surface area contributed by atoms with E-state index < -0.39 is 0 Å². The molecule has 2 heterocycles. The summed E-state index contributed by atoms with van der Waals surface area (Å²) in [6, 6.07) is 10.2. The molecule has 1 N–H and O–H groups in total. The quantitative estimate of drug-likeness (QED) is 0.858. The minimum Gasteiger partial charge on any atom is -0.342 e. The summed E-state index contributed by atoms with van der Waals surface area (Å²) in [5, 5.41) is 3.44. The van der Waals surface area contributed by atoms with Gasteiger partial charge in [-0.25, -0.2) is 0 Å². The zero-order valence-corrected chi connectivity index (χ0v) is 14.6. The smallest absolute Gasteiger partial charge is 0.232 e. The highest BCUT2D eigenvalue weighted by Gasteiger charge is 2.36. The van der Waals surface area contributed by atoms with Crippen molar-refractivity contribution in [3.05, 3.63) is 30.3 Å². The fourth-order valence-corrected chi connectivity index (χ4v) is 4.26. The molecule has 1 spiro atoms. The van der Waals surface area contributed by atoms with E-state index >= 15 is 0 Å². The van der Waals surface area contributed by atoms with Crippen molar-refractivity contribution in [3.63, 3.8) is 0 Å². The second-order valence-electron chi connectivity index (χ2n) is 6.23. The Kier molecular flexibility index (Phi) is 6.60. The Hall–Kier alpha value is -0.710. The number of rotatable bonds is 3. The lowest BCUT2D eigenvalue weighted by atomic mass is 9.71. The molecule has 1 aromatic rings. The van der Waals surface area contributed by atoms with Gasteiger partial charge in [-0.3, -0.25) is 4.79 Å². The Bertz CT molecular complexity index is 467. The Balaban J connectivity index is 0.00000176. The molecule has 0 bridgehead atoms. The second-order valence-corrected chi connectivity index (χ2v) is 7.28. The summed E-state index contributed by atoms with van der Waals surface area (Å²) in [4.78, 5) is 15.6. The highest BCUT2D eigenvalue weighted by atomic mass is 35.5. The van der Waals surface area contributed by atoms with Crippen LogP contribution in [0.5, 0.6) is 0 Å². The van der Waals surface area contributed by atoms with Gasteiger partial charge in [-0.05, 0) is 56.3 Å². The molecule has 122 valence electrons. The predicted octanol–water partition coefficient (Wildman–Crippen LogP) is 3.19. The van der Waals surface area contributed by atoms with E-state index in [9.17, 15) is 4.79 Å². The Morgan fingerprint density at radius 3 is 2.36 bits per heavy atom. The maximum Gasteiger partial charge on any atom is 0.232 e. The number of carbonyl (C=O) groups excluding carboxylic acids is 1. The van der Waals surface area contributed by atoms with E-state index in [0.717, 1.165) is 26.2 Å². The van der Waals surface area contributed by atoms with Gasteiger partial charge in [0.15, 0.2) is 0 Å². The molecule has 0 saturated carbocycles. The maximum absolute atomic E-state index is 12.3. The van der Waals surface area contributed by atoms with Crippen molar-refractivity contribution in [1.82, 2.24) is 10.2 Å². The molecule has 2 saturated heterocycles. The van der Waals surface area contributed by atoms with Crippen molar-refractivity contribution in [2.24, 2.45) is 5.41 Å². The number of thioether (sulfide) groups is 1. The fourth-order valence-electron chi connectivity index (χ4n) is 3.44. The molecule has 2 aliphatic heterocycles. The number of hydrogen-bond donors (Lipinski definition) is 1. The first-order valence-electron chi connectivity index (χ1n) is 7.94. The van der Waals surface area contributed by atoms with Gasteiger partial charge in [0.2, 0.25) is 5.91 Å². The minimum atomic E-state index is 0. The molecule has 0 atom stereocenters. The lowest BCUT2D eigenvalue weighted by molar-refractivity contribution is -0.130. The van der Waals surface area contributed by atoms with Gasteiger partial charge in [-0.2, -0.15) is 0 Å². The van der Waals surface area contributed by atoms with E-state index in [-0.39, 0.29) is 12.4 Å². The van der Waals surface area contributed by atoms with E-state index in [1.54, 1.807) is 11.8 Å². The van der Waals surface area contributed by atoms with Gasteiger partial charge >= 0.3 is 0 Å². The molecule has 22 heavy (non-hydrogen) atoms. The monoisotopic (exact) mass is 340 g/mol.